The van der Waals surface area contributed by atoms with Crippen molar-refractivity contribution < 1.29 is 4.79 Å². The molecule has 2 N–H and O–H groups in total. The third kappa shape index (κ3) is 2.39. The molecule has 1 aliphatic rings. The van der Waals surface area contributed by atoms with E-state index in [1.54, 1.807) is 0 Å². The number of imidazole rings is 1. The Hall–Kier alpha value is -2.56. The summed E-state index contributed by atoms with van der Waals surface area (Å²) in [6, 6.07) is 10.4. The Labute approximate surface area is 128 Å². The van der Waals surface area contributed by atoms with Crippen LogP contribution >= 0.6 is 0 Å². The highest BCUT2D eigenvalue weighted by Gasteiger charge is 2.26. The van der Waals surface area contributed by atoms with Crippen molar-refractivity contribution in [2.24, 2.45) is 0 Å². The third-order valence-corrected chi connectivity index (χ3v) is 4.05. The zero-order chi connectivity index (χ0) is 15.1. The van der Waals surface area contributed by atoms with E-state index in [4.69, 9.17) is 0 Å². The highest BCUT2D eigenvalue weighted by atomic mass is 16.1. The van der Waals surface area contributed by atoms with Crippen molar-refractivity contribution in [1.82, 2.24) is 19.9 Å². The monoisotopic (exact) mass is 294 g/mol. The van der Waals surface area contributed by atoms with Gasteiger partial charge < -0.3 is 14.9 Å². The predicted molar refractivity (Wildman–Crippen MR) is 84.7 cm³/mol. The first-order chi connectivity index (χ1) is 10.7. The number of fused-ring (bicyclic) bond motifs is 1. The van der Waals surface area contributed by atoms with E-state index in [0.29, 0.717) is 12.6 Å². The van der Waals surface area contributed by atoms with Crippen molar-refractivity contribution in [3.05, 3.63) is 53.6 Å². The molecule has 112 valence electrons. The summed E-state index contributed by atoms with van der Waals surface area (Å²) in [5.41, 5.74) is 3.85. The minimum absolute atomic E-state index is 0.0477. The SMILES string of the molecule is Cc1ccc2nc(CNC(=O)c3cccn3C3CC3)[nH]c2c1. The number of amides is 1. The van der Waals surface area contributed by atoms with E-state index in [0.717, 1.165) is 35.4 Å². The van der Waals surface area contributed by atoms with Gasteiger partial charge in [0.15, 0.2) is 0 Å². The molecule has 5 nitrogen and oxygen atoms in total. The number of rotatable bonds is 4. The van der Waals surface area contributed by atoms with Gasteiger partial charge in [-0.25, -0.2) is 4.98 Å². The van der Waals surface area contributed by atoms with Crippen molar-refractivity contribution >= 4 is 16.9 Å². The Morgan fingerprint density at radius 1 is 1.41 bits per heavy atom. The number of benzene rings is 1. The van der Waals surface area contributed by atoms with E-state index in [2.05, 4.69) is 25.9 Å². The molecule has 1 saturated carbocycles. The maximum atomic E-state index is 12.3. The lowest BCUT2D eigenvalue weighted by atomic mass is 10.2. The van der Waals surface area contributed by atoms with E-state index < -0.39 is 0 Å². The second kappa shape index (κ2) is 5.02. The molecule has 22 heavy (non-hydrogen) atoms. The average Bonchev–Trinajstić information content (AvgIpc) is 3.09. The molecule has 0 atom stereocenters. The van der Waals surface area contributed by atoms with Crippen molar-refractivity contribution in [3.63, 3.8) is 0 Å². The van der Waals surface area contributed by atoms with Gasteiger partial charge in [-0.1, -0.05) is 6.07 Å². The van der Waals surface area contributed by atoms with Gasteiger partial charge in [-0.3, -0.25) is 4.79 Å². The maximum absolute atomic E-state index is 12.3. The van der Waals surface area contributed by atoms with Crippen molar-refractivity contribution in [2.75, 3.05) is 0 Å². The van der Waals surface area contributed by atoms with Crippen LogP contribution in [-0.4, -0.2) is 20.4 Å². The van der Waals surface area contributed by atoms with Crippen LogP contribution in [0, 0.1) is 6.92 Å². The Bertz CT molecular complexity index is 841. The van der Waals surface area contributed by atoms with Gasteiger partial charge in [0.1, 0.15) is 11.5 Å². The van der Waals surface area contributed by atoms with Crippen LogP contribution in [0.3, 0.4) is 0 Å². The van der Waals surface area contributed by atoms with Crippen LogP contribution in [0.1, 0.15) is 40.8 Å². The summed E-state index contributed by atoms with van der Waals surface area (Å²) in [5, 5.41) is 2.95. The summed E-state index contributed by atoms with van der Waals surface area (Å²) in [4.78, 5) is 20.1. The van der Waals surface area contributed by atoms with Crippen molar-refractivity contribution in [3.8, 4) is 0 Å². The maximum Gasteiger partial charge on any atom is 0.268 e. The number of carbonyl (C=O) groups excluding carboxylic acids is 1. The van der Waals surface area contributed by atoms with Crippen LogP contribution in [0.4, 0.5) is 0 Å². The van der Waals surface area contributed by atoms with Gasteiger partial charge in [-0.05, 0) is 49.6 Å². The number of nitrogens with zero attached hydrogens (tertiary/aromatic N) is 2. The average molecular weight is 294 g/mol. The van der Waals surface area contributed by atoms with Crippen LogP contribution in [0.15, 0.2) is 36.5 Å². The predicted octanol–water partition coefficient (Wildman–Crippen LogP) is 2.94. The molecule has 0 bridgehead atoms. The molecule has 1 amide bonds. The lowest BCUT2D eigenvalue weighted by molar-refractivity contribution is 0.0940. The minimum Gasteiger partial charge on any atom is -0.344 e. The summed E-state index contributed by atoms with van der Waals surface area (Å²) in [6.45, 7) is 2.45. The molecule has 1 aromatic carbocycles. The zero-order valence-electron chi connectivity index (χ0n) is 12.5. The third-order valence-electron chi connectivity index (χ3n) is 4.05. The molecular formula is C17H18N4O. The fourth-order valence-corrected chi connectivity index (χ4v) is 2.77. The molecule has 0 radical (unpaired) electrons. The van der Waals surface area contributed by atoms with Gasteiger partial charge in [0, 0.05) is 12.2 Å². The van der Waals surface area contributed by atoms with Gasteiger partial charge in [0.05, 0.1) is 17.6 Å². The van der Waals surface area contributed by atoms with E-state index in [1.165, 1.54) is 5.56 Å². The second-order valence-electron chi connectivity index (χ2n) is 5.92. The van der Waals surface area contributed by atoms with E-state index >= 15 is 0 Å². The molecule has 1 aliphatic carbocycles. The second-order valence-corrected chi connectivity index (χ2v) is 5.92. The summed E-state index contributed by atoms with van der Waals surface area (Å²) in [5.74, 6) is 0.729. The quantitative estimate of drug-likeness (QED) is 0.777. The van der Waals surface area contributed by atoms with Crippen molar-refractivity contribution in [2.45, 2.75) is 32.4 Å². The summed E-state index contributed by atoms with van der Waals surface area (Å²) >= 11 is 0. The first kappa shape index (κ1) is 13.1. The number of aromatic amines is 1. The van der Waals surface area contributed by atoms with Crippen LogP contribution in [0.25, 0.3) is 11.0 Å². The normalized spacial score (nSPS) is 14.4. The molecule has 4 rings (SSSR count). The van der Waals surface area contributed by atoms with E-state index in [9.17, 15) is 4.79 Å². The van der Waals surface area contributed by atoms with Crippen LogP contribution in [0.5, 0.6) is 0 Å². The number of nitrogens with one attached hydrogen (secondary N) is 2. The number of hydrogen-bond acceptors (Lipinski definition) is 2. The Kier molecular flexibility index (Phi) is 2.99. The molecule has 5 heteroatoms. The Morgan fingerprint density at radius 2 is 2.27 bits per heavy atom. The minimum atomic E-state index is -0.0477. The Morgan fingerprint density at radius 3 is 3.09 bits per heavy atom. The lowest BCUT2D eigenvalue weighted by Gasteiger charge is -2.07. The first-order valence-electron chi connectivity index (χ1n) is 7.61. The molecule has 3 aromatic rings. The number of H-pyrrole nitrogens is 1. The van der Waals surface area contributed by atoms with Crippen LogP contribution in [-0.2, 0) is 6.54 Å². The number of aromatic nitrogens is 3. The van der Waals surface area contributed by atoms with Gasteiger partial charge >= 0.3 is 0 Å². The molecule has 0 unspecified atom stereocenters. The Balaban J connectivity index is 1.48. The van der Waals surface area contributed by atoms with E-state index in [-0.39, 0.29) is 5.91 Å². The fourth-order valence-electron chi connectivity index (χ4n) is 2.77. The molecule has 2 heterocycles. The van der Waals surface area contributed by atoms with Gasteiger partial charge in [-0.15, -0.1) is 0 Å². The van der Waals surface area contributed by atoms with Crippen LogP contribution in [0.2, 0.25) is 0 Å². The first-order valence-corrected chi connectivity index (χ1v) is 7.61. The number of carbonyl (C=O) groups is 1. The molecule has 1 fully saturated rings. The standard InChI is InChI=1S/C17H18N4O/c1-11-4-7-13-14(9-11)20-16(19-13)10-18-17(22)15-3-2-8-21(15)12-5-6-12/h2-4,7-9,12H,5-6,10H2,1H3,(H,18,22)(H,19,20). The van der Waals surface area contributed by atoms with E-state index in [1.807, 2.05) is 37.4 Å². The highest BCUT2D eigenvalue weighted by Crippen LogP contribution is 2.35. The van der Waals surface area contributed by atoms with Gasteiger partial charge in [-0.2, -0.15) is 0 Å². The topological polar surface area (TPSA) is 62.7 Å². The van der Waals surface area contributed by atoms with Crippen LogP contribution < -0.4 is 5.32 Å². The number of aryl methyl sites for hydroxylation is 1. The molecule has 0 saturated heterocycles. The molecule has 0 spiro atoms. The fraction of sp³-hybridized carbons (Fsp3) is 0.294. The molecule has 2 aromatic heterocycles. The summed E-state index contributed by atoms with van der Waals surface area (Å²) in [6.07, 6.45) is 4.31. The lowest BCUT2D eigenvalue weighted by Crippen LogP contribution is -2.25. The van der Waals surface area contributed by atoms with Gasteiger partial charge in [0.2, 0.25) is 0 Å². The van der Waals surface area contributed by atoms with Gasteiger partial charge in [0.25, 0.3) is 5.91 Å². The molecular weight excluding hydrogens is 276 g/mol. The summed E-state index contributed by atoms with van der Waals surface area (Å²) < 4.78 is 2.07. The largest absolute Gasteiger partial charge is 0.344 e. The zero-order valence-corrected chi connectivity index (χ0v) is 12.5. The number of hydrogen-bond donors (Lipinski definition) is 2. The highest BCUT2D eigenvalue weighted by molar-refractivity contribution is 5.92. The van der Waals surface area contributed by atoms with Crippen molar-refractivity contribution in [1.29, 1.82) is 0 Å². The molecule has 0 aliphatic heterocycles. The smallest absolute Gasteiger partial charge is 0.268 e. The summed E-state index contributed by atoms with van der Waals surface area (Å²) in [7, 11) is 0.